The minimum absolute atomic E-state index is 0.0902. The van der Waals surface area contributed by atoms with Gasteiger partial charge in [-0.05, 0) is 48.6 Å². The molecule has 3 aromatic rings. The van der Waals surface area contributed by atoms with Crippen LogP contribution in [0.3, 0.4) is 0 Å². The molecule has 0 radical (unpaired) electrons. The van der Waals surface area contributed by atoms with E-state index in [0.29, 0.717) is 18.7 Å². The first-order valence-corrected chi connectivity index (χ1v) is 14.3. The Balaban J connectivity index is 2.03. The number of benzene rings is 3. The third-order valence-electron chi connectivity index (χ3n) is 6.26. The number of amides is 2. The van der Waals surface area contributed by atoms with Crippen molar-refractivity contribution < 1.29 is 18.0 Å². The highest BCUT2D eigenvalue weighted by Crippen LogP contribution is 2.27. The summed E-state index contributed by atoms with van der Waals surface area (Å²) in [4.78, 5) is 28.8. The number of nitrogens with zero attached hydrogens (tertiary/aromatic N) is 2. The number of carbonyl (C=O) groups excluding carboxylic acids is 2. The third kappa shape index (κ3) is 7.22. The zero-order chi connectivity index (χ0) is 27.7. The van der Waals surface area contributed by atoms with E-state index in [1.165, 1.54) is 17.0 Å². The molecule has 0 unspecified atom stereocenters. The van der Waals surface area contributed by atoms with Crippen LogP contribution in [0.4, 0.5) is 5.69 Å². The molecular formula is C30H37N3O4S. The first-order valence-electron chi connectivity index (χ1n) is 12.9. The van der Waals surface area contributed by atoms with Crippen LogP contribution in [-0.2, 0) is 26.2 Å². The summed E-state index contributed by atoms with van der Waals surface area (Å²) in [6.45, 7) is 7.89. The summed E-state index contributed by atoms with van der Waals surface area (Å²) in [5.41, 5.74) is 1.99. The van der Waals surface area contributed by atoms with Gasteiger partial charge in [0.1, 0.15) is 12.6 Å². The quantitative estimate of drug-likeness (QED) is 0.362. The van der Waals surface area contributed by atoms with E-state index in [2.05, 4.69) is 5.32 Å². The summed E-state index contributed by atoms with van der Waals surface area (Å²) in [5.74, 6) is -0.454. The SMILES string of the molecule is CC[C@@H](C(=O)NCC(C)C)N(Cc1ccccc1)C(=O)CN(c1ccccc1C)S(=O)(=O)c1ccccc1. The van der Waals surface area contributed by atoms with Gasteiger partial charge in [-0.25, -0.2) is 8.42 Å². The van der Waals surface area contributed by atoms with Crippen LogP contribution >= 0.6 is 0 Å². The van der Waals surface area contributed by atoms with Crippen molar-refractivity contribution in [3.05, 3.63) is 96.1 Å². The molecule has 0 spiro atoms. The molecule has 0 heterocycles. The van der Waals surface area contributed by atoms with Crippen LogP contribution in [0.5, 0.6) is 0 Å². The molecule has 0 bridgehead atoms. The standard InChI is InChI=1S/C30H37N3O4S/c1-5-27(30(35)31-20-23(2)3)32(21-25-15-8-6-9-16-25)29(34)22-33(28-19-13-12-14-24(28)4)38(36,37)26-17-10-7-11-18-26/h6-19,23,27H,5,20-22H2,1-4H3,(H,31,35)/t27-/m0/s1. The molecule has 0 aliphatic heterocycles. The minimum atomic E-state index is -4.07. The highest BCUT2D eigenvalue weighted by atomic mass is 32.2. The van der Waals surface area contributed by atoms with Gasteiger partial charge in [0.2, 0.25) is 11.8 Å². The van der Waals surface area contributed by atoms with E-state index in [9.17, 15) is 18.0 Å². The van der Waals surface area contributed by atoms with E-state index < -0.39 is 28.5 Å². The van der Waals surface area contributed by atoms with Crippen molar-refractivity contribution in [2.45, 2.75) is 51.6 Å². The second-order valence-corrected chi connectivity index (χ2v) is 11.5. The Morgan fingerprint density at radius 2 is 1.45 bits per heavy atom. The second-order valence-electron chi connectivity index (χ2n) is 9.68. The van der Waals surface area contributed by atoms with Gasteiger partial charge in [0.15, 0.2) is 0 Å². The fourth-order valence-corrected chi connectivity index (χ4v) is 5.70. The van der Waals surface area contributed by atoms with Crippen molar-refractivity contribution in [3.63, 3.8) is 0 Å². The number of hydrogen-bond acceptors (Lipinski definition) is 4. The van der Waals surface area contributed by atoms with Gasteiger partial charge in [-0.2, -0.15) is 0 Å². The smallest absolute Gasteiger partial charge is 0.264 e. The first-order chi connectivity index (χ1) is 18.1. The van der Waals surface area contributed by atoms with Gasteiger partial charge in [-0.3, -0.25) is 13.9 Å². The van der Waals surface area contributed by atoms with Gasteiger partial charge in [-0.15, -0.1) is 0 Å². The van der Waals surface area contributed by atoms with E-state index >= 15 is 0 Å². The maximum Gasteiger partial charge on any atom is 0.264 e. The fraction of sp³-hybridized carbons (Fsp3) is 0.333. The lowest BCUT2D eigenvalue weighted by atomic mass is 10.1. The summed E-state index contributed by atoms with van der Waals surface area (Å²) in [6.07, 6.45) is 0.387. The molecule has 3 aromatic carbocycles. The van der Waals surface area contributed by atoms with Crippen LogP contribution in [0.2, 0.25) is 0 Å². The van der Waals surface area contributed by atoms with E-state index in [1.54, 1.807) is 30.3 Å². The van der Waals surface area contributed by atoms with Crippen molar-refractivity contribution in [1.82, 2.24) is 10.2 Å². The zero-order valence-corrected chi connectivity index (χ0v) is 23.3. The summed E-state index contributed by atoms with van der Waals surface area (Å²) < 4.78 is 28.8. The molecular weight excluding hydrogens is 498 g/mol. The fourth-order valence-electron chi connectivity index (χ4n) is 4.20. The Morgan fingerprint density at radius 3 is 2.03 bits per heavy atom. The van der Waals surface area contributed by atoms with Crippen LogP contribution in [0.1, 0.15) is 38.3 Å². The van der Waals surface area contributed by atoms with Crippen molar-refractivity contribution in [2.75, 3.05) is 17.4 Å². The summed E-state index contributed by atoms with van der Waals surface area (Å²) in [5, 5.41) is 2.94. The van der Waals surface area contributed by atoms with E-state index in [-0.39, 0.29) is 23.3 Å². The molecule has 1 atom stereocenters. The van der Waals surface area contributed by atoms with Crippen molar-refractivity contribution >= 4 is 27.5 Å². The van der Waals surface area contributed by atoms with Crippen molar-refractivity contribution in [2.24, 2.45) is 5.92 Å². The highest BCUT2D eigenvalue weighted by molar-refractivity contribution is 7.92. The molecule has 0 aliphatic rings. The predicted molar refractivity (Wildman–Crippen MR) is 151 cm³/mol. The molecule has 0 fully saturated rings. The lowest BCUT2D eigenvalue weighted by Gasteiger charge is -2.33. The Bertz CT molecular complexity index is 1310. The molecule has 38 heavy (non-hydrogen) atoms. The third-order valence-corrected chi connectivity index (χ3v) is 8.03. The van der Waals surface area contributed by atoms with Crippen LogP contribution in [0, 0.1) is 12.8 Å². The molecule has 1 N–H and O–H groups in total. The molecule has 3 rings (SSSR count). The number of anilines is 1. The van der Waals surface area contributed by atoms with Crippen molar-refractivity contribution in [1.29, 1.82) is 0 Å². The van der Waals surface area contributed by atoms with Crippen LogP contribution in [0.25, 0.3) is 0 Å². The Morgan fingerprint density at radius 1 is 0.868 bits per heavy atom. The number of para-hydroxylation sites is 1. The lowest BCUT2D eigenvalue weighted by Crippen LogP contribution is -2.52. The van der Waals surface area contributed by atoms with Crippen LogP contribution in [0.15, 0.2) is 89.8 Å². The second kappa shape index (κ2) is 13.2. The summed E-state index contributed by atoms with van der Waals surface area (Å²) in [6, 6.07) is 23.8. The lowest BCUT2D eigenvalue weighted by molar-refractivity contribution is -0.140. The predicted octanol–water partition coefficient (Wildman–Crippen LogP) is 4.77. The average molecular weight is 536 g/mol. The van der Waals surface area contributed by atoms with Crippen molar-refractivity contribution in [3.8, 4) is 0 Å². The monoisotopic (exact) mass is 535 g/mol. The van der Waals surface area contributed by atoms with Gasteiger partial charge in [0.05, 0.1) is 10.6 Å². The first kappa shape index (κ1) is 28.9. The number of nitrogens with one attached hydrogen (secondary N) is 1. The van der Waals surface area contributed by atoms with Crippen LogP contribution in [-0.4, -0.2) is 44.3 Å². The largest absolute Gasteiger partial charge is 0.354 e. The van der Waals surface area contributed by atoms with E-state index in [0.717, 1.165) is 15.4 Å². The normalized spacial score (nSPS) is 12.1. The van der Waals surface area contributed by atoms with Gasteiger partial charge in [-0.1, -0.05) is 87.5 Å². The Hall–Kier alpha value is -3.65. The average Bonchev–Trinajstić information content (AvgIpc) is 2.91. The molecule has 0 aromatic heterocycles. The zero-order valence-electron chi connectivity index (χ0n) is 22.5. The Kier molecular flexibility index (Phi) is 10.1. The molecule has 202 valence electrons. The molecule has 0 saturated heterocycles. The van der Waals surface area contributed by atoms with Crippen LogP contribution < -0.4 is 9.62 Å². The van der Waals surface area contributed by atoms with Gasteiger partial charge >= 0.3 is 0 Å². The number of hydrogen-bond donors (Lipinski definition) is 1. The number of carbonyl (C=O) groups is 2. The van der Waals surface area contributed by atoms with Gasteiger partial charge in [0, 0.05) is 13.1 Å². The molecule has 7 nitrogen and oxygen atoms in total. The topological polar surface area (TPSA) is 86.8 Å². The number of aryl methyl sites for hydroxylation is 1. The molecule has 8 heteroatoms. The van der Waals surface area contributed by atoms with E-state index in [4.69, 9.17) is 0 Å². The summed E-state index contributed by atoms with van der Waals surface area (Å²) >= 11 is 0. The molecule has 2 amide bonds. The maximum atomic E-state index is 14.0. The molecule has 0 saturated carbocycles. The van der Waals surface area contributed by atoms with Gasteiger partial charge in [0.25, 0.3) is 10.0 Å². The number of rotatable bonds is 12. The Labute approximate surface area is 226 Å². The summed E-state index contributed by atoms with van der Waals surface area (Å²) in [7, 11) is -4.07. The maximum absolute atomic E-state index is 14.0. The highest BCUT2D eigenvalue weighted by Gasteiger charge is 2.34. The number of sulfonamides is 1. The van der Waals surface area contributed by atoms with E-state index in [1.807, 2.05) is 70.2 Å². The molecule has 0 aliphatic carbocycles. The minimum Gasteiger partial charge on any atom is -0.354 e. The van der Waals surface area contributed by atoms with Gasteiger partial charge < -0.3 is 10.2 Å².